The first-order valence-corrected chi connectivity index (χ1v) is 4.65. The molecule has 0 N–H and O–H groups in total. The maximum absolute atomic E-state index is 13.4. The minimum absolute atomic E-state index is 0.180. The zero-order valence-corrected chi connectivity index (χ0v) is 8.81. The quantitative estimate of drug-likeness (QED) is 0.701. The summed E-state index contributed by atoms with van der Waals surface area (Å²) in [5, 5.41) is 0. The lowest BCUT2D eigenvalue weighted by Crippen LogP contribution is -2.29. The average molecular weight is 247 g/mol. The van der Waals surface area contributed by atoms with Crippen molar-refractivity contribution >= 4 is 15.9 Å². The molecule has 1 aromatic rings. The number of hydrogen-bond donors (Lipinski definition) is 0. The Morgan fingerprint density at radius 3 is 2.69 bits per heavy atom. The van der Waals surface area contributed by atoms with Crippen LogP contribution in [0.3, 0.4) is 0 Å². The van der Waals surface area contributed by atoms with E-state index in [0.717, 1.165) is 0 Å². The smallest absolute Gasteiger partial charge is 0.246 e. The molecule has 70 valence electrons. The molecule has 0 saturated carbocycles. The Bertz CT molecular complexity index is 363. The van der Waals surface area contributed by atoms with E-state index in [-0.39, 0.29) is 5.75 Å². The van der Waals surface area contributed by atoms with Crippen LogP contribution in [0, 0.1) is 5.82 Å². The van der Waals surface area contributed by atoms with Gasteiger partial charge in [-0.05, 0) is 28.1 Å². The highest BCUT2D eigenvalue weighted by Gasteiger charge is 2.34. The minimum atomic E-state index is -0.774. The first kappa shape index (κ1) is 8.81. The number of hydrogen-bond acceptors (Lipinski definition) is 2. The molecule has 0 bridgehead atoms. The lowest BCUT2D eigenvalue weighted by Gasteiger charge is -2.16. The largest absolute Gasteiger partial charge is 0.449 e. The highest BCUT2D eigenvalue weighted by atomic mass is 79.9. The fourth-order valence-electron chi connectivity index (χ4n) is 1.22. The van der Waals surface area contributed by atoms with Gasteiger partial charge in [-0.2, -0.15) is 0 Å². The fourth-order valence-corrected chi connectivity index (χ4v) is 1.53. The summed E-state index contributed by atoms with van der Waals surface area (Å²) in [6, 6.07) is 3.27. The maximum Gasteiger partial charge on any atom is 0.246 e. The van der Waals surface area contributed by atoms with E-state index >= 15 is 0 Å². The Balaban J connectivity index is 2.53. The van der Waals surface area contributed by atoms with Gasteiger partial charge in [0.2, 0.25) is 11.5 Å². The molecule has 0 aromatic heterocycles. The maximum atomic E-state index is 13.4. The molecule has 1 aliphatic heterocycles. The topological polar surface area (TPSA) is 18.5 Å². The highest BCUT2D eigenvalue weighted by Crippen LogP contribution is 2.43. The van der Waals surface area contributed by atoms with Gasteiger partial charge in [-0.15, -0.1) is 0 Å². The molecule has 13 heavy (non-hydrogen) atoms. The second kappa shape index (κ2) is 2.61. The number of fused-ring (bicyclic) bond motifs is 1. The van der Waals surface area contributed by atoms with Crippen LogP contribution in [-0.2, 0) is 0 Å². The van der Waals surface area contributed by atoms with Crippen LogP contribution in [0.4, 0.5) is 4.39 Å². The Kier molecular flexibility index (Phi) is 1.77. The third kappa shape index (κ3) is 1.39. The number of ether oxygens (including phenoxy) is 2. The summed E-state index contributed by atoms with van der Waals surface area (Å²) < 4.78 is 24.4. The molecule has 2 rings (SSSR count). The summed E-state index contributed by atoms with van der Waals surface area (Å²) in [4.78, 5) is 0. The van der Waals surface area contributed by atoms with Crippen molar-refractivity contribution in [3.8, 4) is 11.5 Å². The van der Waals surface area contributed by atoms with Crippen molar-refractivity contribution in [2.24, 2.45) is 0 Å². The molecule has 0 aliphatic carbocycles. The van der Waals surface area contributed by atoms with Crippen LogP contribution in [0.25, 0.3) is 0 Å². The van der Waals surface area contributed by atoms with Crippen molar-refractivity contribution in [3.05, 3.63) is 22.4 Å². The predicted octanol–water partition coefficient (Wildman–Crippen LogP) is 3.10. The third-order valence-corrected chi connectivity index (χ3v) is 2.33. The van der Waals surface area contributed by atoms with E-state index in [1.807, 2.05) is 0 Å². The molecule has 1 aromatic carbocycles. The molecular formula is C9H8BrFO2. The Labute approximate surface area is 83.8 Å². The second-order valence-electron chi connectivity index (χ2n) is 3.29. The third-order valence-electron chi connectivity index (χ3n) is 1.72. The summed E-state index contributed by atoms with van der Waals surface area (Å²) in [6.45, 7) is 3.47. The average Bonchev–Trinajstić information content (AvgIpc) is 2.34. The zero-order valence-electron chi connectivity index (χ0n) is 7.23. The summed E-state index contributed by atoms with van der Waals surface area (Å²) >= 11 is 3.08. The summed E-state index contributed by atoms with van der Waals surface area (Å²) in [7, 11) is 0. The van der Waals surface area contributed by atoms with Gasteiger partial charge in [-0.25, -0.2) is 4.39 Å². The van der Waals surface area contributed by atoms with Gasteiger partial charge < -0.3 is 9.47 Å². The molecule has 1 aliphatic rings. The normalized spacial score (nSPS) is 17.5. The summed E-state index contributed by atoms with van der Waals surface area (Å²) in [6.07, 6.45) is 0. The van der Waals surface area contributed by atoms with Crippen molar-refractivity contribution in [1.82, 2.24) is 0 Å². The molecule has 0 unspecified atom stereocenters. The van der Waals surface area contributed by atoms with E-state index in [1.165, 1.54) is 0 Å². The van der Waals surface area contributed by atoms with Gasteiger partial charge in [0.25, 0.3) is 0 Å². The minimum Gasteiger partial charge on any atom is -0.449 e. The van der Waals surface area contributed by atoms with Crippen molar-refractivity contribution in [2.45, 2.75) is 19.6 Å². The van der Waals surface area contributed by atoms with Gasteiger partial charge in [-0.3, -0.25) is 0 Å². The van der Waals surface area contributed by atoms with Crippen LogP contribution in [-0.4, -0.2) is 5.79 Å². The summed E-state index contributed by atoms with van der Waals surface area (Å²) in [5.74, 6) is -0.558. The molecule has 0 saturated heterocycles. The highest BCUT2D eigenvalue weighted by molar-refractivity contribution is 9.10. The Morgan fingerprint density at radius 1 is 1.31 bits per heavy atom. The Hall–Kier alpha value is -0.770. The van der Waals surface area contributed by atoms with Crippen LogP contribution >= 0.6 is 15.9 Å². The first-order chi connectivity index (χ1) is 5.99. The second-order valence-corrected chi connectivity index (χ2v) is 4.15. The Morgan fingerprint density at radius 2 is 2.00 bits per heavy atom. The van der Waals surface area contributed by atoms with Crippen LogP contribution in [0.15, 0.2) is 16.6 Å². The molecule has 2 nitrogen and oxygen atoms in total. The van der Waals surface area contributed by atoms with Gasteiger partial charge in [-0.1, -0.05) is 0 Å². The molecule has 0 spiro atoms. The van der Waals surface area contributed by atoms with Gasteiger partial charge in [0.15, 0.2) is 11.6 Å². The lowest BCUT2D eigenvalue weighted by molar-refractivity contribution is -0.0445. The van der Waals surface area contributed by atoms with Crippen LogP contribution < -0.4 is 9.47 Å². The molecule has 0 atom stereocenters. The summed E-state index contributed by atoms with van der Waals surface area (Å²) in [5.41, 5.74) is 0. The molecule has 0 fully saturated rings. The number of halogens is 2. The lowest BCUT2D eigenvalue weighted by atomic mass is 10.3. The molecule has 4 heteroatoms. The van der Waals surface area contributed by atoms with E-state index in [1.54, 1.807) is 26.0 Å². The first-order valence-electron chi connectivity index (χ1n) is 3.86. The number of rotatable bonds is 0. The van der Waals surface area contributed by atoms with Crippen LogP contribution in [0.1, 0.15) is 13.8 Å². The monoisotopic (exact) mass is 246 g/mol. The van der Waals surface area contributed by atoms with E-state index in [4.69, 9.17) is 9.47 Å². The fraction of sp³-hybridized carbons (Fsp3) is 0.333. The van der Waals surface area contributed by atoms with Crippen molar-refractivity contribution in [2.75, 3.05) is 0 Å². The molecule has 0 radical (unpaired) electrons. The van der Waals surface area contributed by atoms with E-state index < -0.39 is 11.6 Å². The van der Waals surface area contributed by atoms with E-state index in [0.29, 0.717) is 10.2 Å². The number of benzene rings is 1. The predicted molar refractivity (Wildman–Crippen MR) is 49.4 cm³/mol. The van der Waals surface area contributed by atoms with Gasteiger partial charge in [0, 0.05) is 13.8 Å². The van der Waals surface area contributed by atoms with Gasteiger partial charge >= 0.3 is 0 Å². The standard InChI is InChI=1S/C9H8BrFO2/c1-9(2)12-6-4-3-5(10)7(11)8(6)13-9/h3-4H,1-2H3. The molecule has 0 amide bonds. The van der Waals surface area contributed by atoms with Crippen molar-refractivity contribution in [1.29, 1.82) is 0 Å². The molecular weight excluding hydrogens is 239 g/mol. The SMILES string of the molecule is CC1(C)Oc2ccc(Br)c(F)c2O1. The van der Waals surface area contributed by atoms with Crippen molar-refractivity contribution < 1.29 is 13.9 Å². The van der Waals surface area contributed by atoms with Gasteiger partial charge in [0.1, 0.15) is 0 Å². The van der Waals surface area contributed by atoms with Crippen molar-refractivity contribution in [3.63, 3.8) is 0 Å². The zero-order chi connectivity index (χ0) is 9.64. The molecule has 1 heterocycles. The van der Waals surface area contributed by atoms with E-state index in [2.05, 4.69) is 15.9 Å². The van der Waals surface area contributed by atoms with Crippen LogP contribution in [0.5, 0.6) is 11.5 Å². The van der Waals surface area contributed by atoms with E-state index in [9.17, 15) is 4.39 Å². The van der Waals surface area contributed by atoms with Gasteiger partial charge in [0.05, 0.1) is 4.47 Å². The van der Waals surface area contributed by atoms with Crippen LogP contribution in [0.2, 0.25) is 0 Å².